The number of nitrogens with two attached hydrogens (primary N) is 2. The van der Waals surface area contributed by atoms with E-state index < -0.39 is 0 Å². The Labute approximate surface area is 105 Å². The van der Waals surface area contributed by atoms with Gasteiger partial charge in [0.25, 0.3) is 0 Å². The number of nitrogens with one attached hydrogen (secondary N) is 1. The van der Waals surface area contributed by atoms with E-state index in [-0.39, 0.29) is 5.91 Å². The lowest BCUT2D eigenvalue weighted by Crippen LogP contribution is -2.06. The average Bonchev–Trinajstić information content (AvgIpc) is 2.32. The Kier molecular flexibility index (Phi) is 3.14. The number of benzene rings is 1. The molecule has 0 aliphatic rings. The molecule has 5 N–H and O–H groups in total. The summed E-state index contributed by atoms with van der Waals surface area (Å²) in [5.74, 6) is -0.139. The fraction of sp³-hybridized carbons (Fsp3) is 0.0769. The summed E-state index contributed by atoms with van der Waals surface area (Å²) in [6.07, 6.45) is 1.65. The van der Waals surface area contributed by atoms with E-state index in [1.165, 1.54) is 6.92 Å². The first-order chi connectivity index (χ1) is 8.58. The molecule has 0 saturated carbocycles. The molecule has 1 amide bonds. The number of carbonyl (C=O) groups is 1. The second-order valence-electron chi connectivity index (χ2n) is 3.92. The molecule has 92 valence electrons. The number of hydrogen-bond acceptors (Lipinski definition) is 4. The van der Waals surface area contributed by atoms with E-state index in [1.54, 1.807) is 36.5 Å². The standard InChI is InChI=1S/C13H14N4O/c1-8(18)17-9-4-5-11(14)10(7-9)13-12(15)3-2-6-16-13/h2-7H,14-15H2,1H3,(H,17,18). The van der Waals surface area contributed by atoms with Crippen LogP contribution in [0.2, 0.25) is 0 Å². The molecule has 0 unspecified atom stereocenters. The second kappa shape index (κ2) is 4.75. The molecule has 0 saturated heterocycles. The van der Waals surface area contributed by atoms with Crippen molar-refractivity contribution in [3.8, 4) is 11.3 Å². The van der Waals surface area contributed by atoms with Gasteiger partial charge in [0.15, 0.2) is 0 Å². The molecule has 0 fully saturated rings. The SMILES string of the molecule is CC(=O)Nc1ccc(N)c(-c2ncccc2N)c1. The largest absolute Gasteiger partial charge is 0.398 e. The van der Waals surface area contributed by atoms with Crippen LogP contribution in [0.5, 0.6) is 0 Å². The summed E-state index contributed by atoms with van der Waals surface area (Å²) in [5.41, 5.74) is 14.9. The Bertz CT molecular complexity index is 595. The normalized spacial score (nSPS) is 10.1. The van der Waals surface area contributed by atoms with Crippen molar-refractivity contribution in [3.05, 3.63) is 36.5 Å². The topological polar surface area (TPSA) is 94.0 Å². The van der Waals surface area contributed by atoms with Gasteiger partial charge in [-0.1, -0.05) is 0 Å². The Morgan fingerprint density at radius 3 is 2.67 bits per heavy atom. The maximum absolute atomic E-state index is 11.0. The highest BCUT2D eigenvalue weighted by Crippen LogP contribution is 2.30. The third-order valence-corrected chi connectivity index (χ3v) is 2.47. The molecule has 5 heteroatoms. The van der Waals surface area contributed by atoms with Gasteiger partial charge in [0, 0.05) is 30.1 Å². The van der Waals surface area contributed by atoms with Crippen molar-refractivity contribution in [1.29, 1.82) is 0 Å². The number of carbonyl (C=O) groups excluding carboxylic acids is 1. The molecule has 2 rings (SSSR count). The van der Waals surface area contributed by atoms with E-state index >= 15 is 0 Å². The highest BCUT2D eigenvalue weighted by atomic mass is 16.1. The fourth-order valence-corrected chi connectivity index (χ4v) is 1.69. The number of amides is 1. The van der Waals surface area contributed by atoms with Crippen molar-refractivity contribution in [1.82, 2.24) is 4.98 Å². The number of hydrogen-bond donors (Lipinski definition) is 3. The lowest BCUT2D eigenvalue weighted by Gasteiger charge is -2.10. The van der Waals surface area contributed by atoms with Crippen LogP contribution in [-0.2, 0) is 4.79 Å². The van der Waals surface area contributed by atoms with Crippen LogP contribution in [0.1, 0.15) is 6.92 Å². The summed E-state index contributed by atoms with van der Waals surface area (Å²) in [6.45, 7) is 1.45. The first-order valence-electron chi connectivity index (χ1n) is 5.46. The van der Waals surface area contributed by atoms with E-state index in [0.717, 1.165) is 0 Å². The van der Waals surface area contributed by atoms with E-state index in [4.69, 9.17) is 11.5 Å². The van der Waals surface area contributed by atoms with Crippen molar-refractivity contribution in [3.63, 3.8) is 0 Å². The van der Waals surface area contributed by atoms with Gasteiger partial charge >= 0.3 is 0 Å². The lowest BCUT2D eigenvalue weighted by molar-refractivity contribution is -0.114. The average molecular weight is 242 g/mol. The van der Waals surface area contributed by atoms with E-state index in [1.807, 2.05) is 0 Å². The van der Waals surface area contributed by atoms with Crippen LogP contribution in [0.15, 0.2) is 36.5 Å². The molecule has 1 heterocycles. The molecule has 0 bridgehead atoms. The van der Waals surface area contributed by atoms with Gasteiger partial charge < -0.3 is 16.8 Å². The van der Waals surface area contributed by atoms with Crippen molar-refractivity contribution in [2.24, 2.45) is 0 Å². The lowest BCUT2D eigenvalue weighted by atomic mass is 10.1. The quantitative estimate of drug-likeness (QED) is 0.701. The number of aromatic nitrogens is 1. The van der Waals surface area contributed by atoms with Gasteiger partial charge in [-0.2, -0.15) is 0 Å². The van der Waals surface area contributed by atoms with Crippen LogP contribution in [0.4, 0.5) is 17.1 Å². The zero-order chi connectivity index (χ0) is 13.1. The molecular formula is C13H14N4O. The number of pyridine rings is 1. The van der Waals surface area contributed by atoms with Gasteiger partial charge in [-0.05, 0) is 30.3 Å². The van der Waals surface area contributed by atoms with Crippen molar-refractivity contribution in [2.75, 3.05) is 16.8 Å². The summed E-state index contributed by atoms with van der Waals surface area (Å²) in [5, 5.41) is 2.70. The van der Waals surface area contributed by atoms with Crippen molar-refractivity contribution in [2.45, 2.75) is 6.92 Å². The first-order valence-corrected chi connectivity index (χ1v) is 5.46. The Balaban J connectivity index is 2.50. The smallest absolute Gasteiger partial charge is 0.221 e. The molecule has 2 aromatic rings. The van der Waals surface area contributed by atoms with Gasteiger partial charge in [-0.25, -0.2) is 0 Å². The highest BCUT2D eigenvalue weighted by molar-refractivity contribution is 5.91. The number of nitrogen functional groups attached to an aromatic ring is 2. The van der Waals surface area contributed by atoms with Crippen LogP contribution in [0.3, 0.4) is 0 Å². The minimum atomic E-state index is -0.139. The summed E-state index contributed by atoms with van der Waals surface area (Å²) < 4.78 is 0. The Morgan fingerprint density at radius 2 is 2.00 bits per heavy atom. The Hall–Kier alpha value is -2.56. The maximum Gasteiger partial charge on any atom is 0.221 e. The van der Waals surface area contributed by atoms with Gasteiger partial charge in [0.05, 0.1) is 11.4 Å². The van der Waals surface area contributed by atoms with Gasteiger partial charge in [0.1, 0.15) is 0 Å². The predicted molar refractivity (Wildman–Crippen MR) is 72.8 cm³/mol. The van der Waals surface area contributed by atoms with Crippen LogP contribution in [-0.4, -0.2) is 10.9 Å². The van der Waals surface area contributed by atoms with E-state index in [2.05, 4.69) is 10.3 Å². The maximum atomic E-state index is 11.0. The summed E-state index contributed by atoms with van der Waals surface area (Å²) in [6, 6.07) is 8.73. The first kappa shape index (κ1) is 11.9. The van der Waals surface area contributed by atoms with Crippen LogP contribution >= 0.6 is 0 Å². The van der Waals surface area contributed by atoms with Gasteiger partial charge in [-0.3, -0.25) is 9.78 Å². The molecule has 0 spiro atoms. The third kappa shape index (κ3) is 2.40. The molecule has 18 heavy (non-hydrogen) atoms. The van der Waals surface area contributed by atoms with Gasteiger partial charge in [0.2, 0.25) is 5.91 Å². The molecule has 0 aliphatic heterocycles. The fourth-order valence-electron chi connectivity index (χ4n) is 1.69. The second-order valence-corrected chi connectivity index (χ2v) is 3.92. The van der Waals surface area contributed by atoms with Crippen molar-refractivity contribution < 1.29 is 4.79 Å². The highest BCUT2D eigenvalue weighted by Gasteiger charge is 2.09. The molecular weight excluding hydrogens is 228 g/mol. The van der Waals surface area contributed by atoms with Crippen molar-refractivity contribution >= 4 is 23.0 Å². The predicted octanol–water partition coefficient (Wildman–Crippen LogP) is 1.87. The molecule has 0 radical (unpaired) electrons. The minimum Gasteiger partial charge on any atom is -0.398 e. The molecule has 0 aliphatic carbocycles. The molecule has 1 aromatic heterocycles. The van der Waals surface area contributed by atoms with Gasteiger partial charge in [-0.15, -0.1) is 0 Å². The minimum absolute atomic E-state index is 0.139. The Morgan fingerprint density at radius 1 is 1.22 bits per heavy atom. The van der Waals surface area contributed by atoms with E-state index in [9.17, 15) is 4.79 Å². The number of rotatable bonds is 2. The molecule has 5 nitrogen and oxygen atoms in total. The monoisotopic (exact) mass is 242 g/mol. The zero-order valence-electron chi connectivity index (χ0n) is 9.97. The number of anilines is 3. The third-order valence-electron chi connectivity index (χ3n) is 2.47. The van der Waals surface area contributed by atoms with Crippen LogP contribution in [0, 0.1) is 0 Å². The molecule has 0 atom stereocenters. The number of nitrogens with zero attached hydrogens (tertiary/aromatic N) is 1. The zero-order valence-corrected chi connectivity index (χ0v) is 9.97. The van der Waals surface area contributed by atoms with Crippen LogP contribution in [0.25, 0.3) is 11.3 Å². The van der Waals surface area contributed by atoms with E-state index in [0.29, 0.717) is 28.3 Å². The summed E-state index contributed by atoms with van der Waals surface area (Å²) in [7, 11) is 0. The van der Waals surface area contributed by atoms with Crippen LogP contribution < -0.4 is 16.8 Å². The summed E-state index contributed by atoms with van der Waals surface area (Å²) in [4.78, 5) is 15.2. The summed E-state index contributed by atoms with van der Waals surface area (Å²) >= 11 is 0. The molecule has 1 aromatic carbocycles.